The number of aromatic nitrogens is 1. The third-order valence-corrected chi connectivity index (χ3v) is 5.63. The molecular formula is C19H29N5O3. The summed E-state index contributed by atoms with van der Waals surface area (Å²) in [6.45, 7) is 5.36. The van der Waals surface area contributed by atoms with Gasteiger partial charge in [-0.1, -0.05) is 6.42 Å². The number of carbonyl (C=O) groups excluding carboxylic acids is 3. The molecule has 2 aliphatic rings. The highest BCUT2D eigenvalue weighted by molar-refractivity contribution is 6.06. The number of piperidine rings is 1. The summed E-state index contributed by atoms with van der Waals surface area (Å²) < 4.78 is 1.94. The number of hydrogen-bond donors (Lipinski definition) is 2. The van der Waals surface area contributed by atoms with Crippen LogP contribution in [0.3, 0.4) is 0 Å². The summed E-state index contributed by atoms with van der Waals surface area (Å²) in [6.07, 6.45) is 3.21. The normalized spacial score (nSPS) is 22.8. The number of nitrogens with one attached hydrogen (secondary N) is 2. The van der Waals surface area contributed by atoms with E-state index in [1.807, 2.05) is 23.7 Å². The van der Waals surface area contributed by atoms with E-state index in [-0.39, 0.29) is 23.9 Å². The van der Waals surface area contributed by atoms with Crippen molar-refractivity contribution in [2.24, 2.45) is 7.05 Å². The number of carbonyl (C=O) groups is 3. The summed E-state index contributed by atoms with van der Waals surface area (Å²) >= 11 is 0. The predicted molar refractivity (Wildman–Crippen MR) is 101 cm³/mol. The van der Waals surface area contributed by atoms with Gasteiger partial charge in [-0.25, -0.2) is 4.79 Å². The van der Waals surface area contributed by atoms with E-state index in [0.29, 0.717) is 18.8 Å². The Morgan fingerprint density at radius 1 is 1.26 bits per heavy atom. The molecule has 1 atom stereocenters. The lowest BCUT2D eigenvalue weighted by molar-refractivity contribution is -0.130. The molecule has 4 amide bonds. The molecule has 0 saturated carbocycles. The molecule has 2 aliphatic heterocycles. The number of hydrogen-bond acceptors (Lipinski definition) is 4. The van der Waals surface area contributed by atoms with Crippen molar-refractivity contribution in [3.63, 3.8) is 0 Å². The van der Waals surface area contributed by atoms with Crippen LogP contribution in [-0.4, -0.2) is 64.4 Å². The third kappa shape index (κ3) is 3.58. The SMILES string of the molecule is CNC(=O)c1ccc([C@H]2CCCCN2CCN2C(=O)NC(C)(C)C2=O)n1C. The minimum Gasteiger partial charge on any atom is -0.354 e. The number of rotatable bonds is 5. The number of amides is 4. The number of nitrogens with zero attached hydrogens (tertiary/aromatic N) is 3. The van der Waals surface area contributed by atoms with Crippen LogP contribution >= 0.6 is 0 Å². The smallest absolute Gasteiger partial charge is 0.325 e. The van der Waals surface area contributed by atoms with Crippen molar-refractivity contribution in [3.05, 3.63) is 23.5 Å². The van der Waals surface area contributed by atoms with Gasteiger partial charge in [0.05, 0.1) is 6.04 Å². The average molecular weight is 375 g/mol. The lowest BCUT2D eigenvalue weighted by atomic mass is 9.99. The van der Waals surface area contributed by atoms with Gasteiger partial charge < -0.3 is 15.2 Å². The summed E-state index contributed by atoms with van der Waals surface area (Å²) in [6, 6.07) is 3.71. The zero-order valence-electron chi connectivity index (χ0n) is 16.5. The monoisotopic (exact) mass is 375 g/mol. The van der Waals surface area contributed by atoms with Gasteiger partial charge in [0.25, 0.3) is 11.8 Å². The van der Waals surface area contributed by atoms with Gasteiger partial charge >= 0.3 is 6.03 Å². The zero-order valence-corrected chi connectivity index (χ0v) is 16.5. The molecule has 0 aromatic carbocycles. The lowest BCUT2D eigenvalue weighted by Gasteiger charge is -2.36. The molecule has 0 spiro atoms. The van der Waals surface area contributed by atoms with Crippen LogP contribution in [-0.2, 0) is 11.8 Å². The Labute approximate surface area is 159 Å². The molecule has 8 nitrogen and oxygen atoms in total. The minimum absolute atomic E-state index is 0.104. The molecule has 0 unspecified atom stereocenters. The summed E-state index contributed by atoms with van der Waals surface area (Å²) in [5.74, 6) is -0.283. The van der Waals surface area contributed by atoms with Crippen LogP contribution in [0.4, 0.5) is 4.79 Å². The largest absolute Gasteiger partial charge is 0.354 e. The zero-order chi connectivity index (χ0) is 19.8. The third-order valence-electron chi connectivity index (χ3n) is 5.63. The first-order valence-corrected chi connectivity index (χ1v) is 9.52. The molecule has 2 fully saturated rings. The summed E-state index contributed by atoms with van der Waals surface area (Å²) in [7, 11) is 3.54. The predicted octanol–water partition coefficient (Wildman–Crippen LogP) is 1.24. The minimum atomic E-state index is -0.834. The van der Waals surface area contributed by atoms with Gasteiger partial charge in [-0.15, -0.1) is 0 Å². The van der Waals surface area contributed by atoms with E-state index in [1.54, 1.807) is 20.9 Å². The van der Waals surface area contributed by atoms with Crippen molar-refractivity contribution in [1.29, 1.82) is 0 Å². The maximum absolute atomic E-state index is 12.4. The summed E-state index contributed by atoms with van der Waals surface area (Å²) in [4.78, 5) is 40.2. The van der Waals surface area contributed by atoms with Gasteiger partial charge in [0.2, 0.25) is 0 Å². The number of likely N-dealkylation sites (tertiary alicyclic amines) is 1. The van der Waals surface area contributed by atoms with E-state index in [2.05, 4.69) is 15.5 Å². The molecule has 1 aromatic heterocycles. The Morgan fingerprint density at radius 2 is 2.00 bits per heavy atom. The number of urea groups is 1. The van der Waals surface area contributed by atoms with E-state index in [9.17, 15) is 14.4 Å². The molecule has 2 N–H and O–H groups in total. The second kappa shape index (κ2) is 7.34. The Bertz CT molecular complexity index is 755. The van der Waals surface area contributed by atoms with Crippen LogP contribution in [0.5, 0.6) is 0 Å². The Morgan fingerprint density at radius 3 is 2.63 bits per heavy atom. The topological polar surface area (TPSA) is 86.7 Å². The van der Waals surface area contributed by atoms with Gasteiger partial charge in [0, 0.05) is 32.9 Å². The average Bonchev–Trinajstić information content (AvgIpc) is 3.10. The molecule has 27 heavy (non-hydrogen) atoms. The Balaban J connectivity index is 1.73. The van der Waals surface area contributed by atoms with Crippen molar-refractivity contribution in [2.45, 2.75) is 44.7 Å². The van der Waals surface area contributed by atoms with Gasteiger partial charge in [-0.2, -0.15) is 0 Å². The van der Waals surface area contributed by atoms with E-state index >= 15 is 0 Å². The first kappa shape index (κ1) is 19.4. The molecule has 1 aromatic rings. The van der Waals surface area contributed by atoms with Crippen molar-refractivity contribution in [3.8, 4) is 0 Å². The summed E-state index contributed by atoms with van der Waals surface area (Å²) in [5.41, 5.74) is 0.888. The highest BCUT2D eigenvalue weighted by atomic mass is 16.2. The lowest BCUT2D eigenvalue weighted by Crippen LogP contribution is -2.43. The standard InChI is InChI=1S/C19H29N5O3/c1-19(2)17(26)24(18(27)21-19)12-11-23-10-6-5-7-14(23)13-8-9-15(22(13)4)16(25)20-3/h8-9,14H,5-7,10-12H2,1-4H3,(H,20,25)(H,21,27)/t14-/m1/s1. The van der Waals surface area contributed by atoms with E-state index in [0.717, 1.165) is 31.5 Å². The second-order valence-electron chi connectivity index (χ2n) is 7.84. The van der Waals surface area contributed by atoms with Crippen LogP contribution in [0.25, 0.3) is 0 Å². The highest BCUT2D eigenvalue weighted by Gasteiger charge is 2.44. The fourth-order valence-electron chi connectivity index (χ4n) is 4.06. The molecule has 2 saturated heterocycles. The van der Waals surface area contributed by atoms with E-state index in [1.165, 1.54) is 4.90 Å². The molecule has 3 heterocycles. The molecule has 3 rings (SSSR count). The van der Waals surface area contributed by atoms with E-state index in [4.69, 9.17) is 0 Å². The van der Waals surface area contributed by atoms with Crippen molar-refractivity contribution >= 4 is 17.8 Å². The van der Waals surface area contributed by atoms with E-state index < -0.39 is 5.54 Å². The van der Waals surface area contributed by atoms with Gasteiger partial charge in [-0.3, -0.25) is 19.4 Å². The van der Waals surface area contributed by atoms with Crippen LogP contribution < -0.4 is 10.6 Å². The maximum Gasteiger partial charge on any atom is 0.325 e. The van der Waals surface area contributed by atoms with Gasteiger partial charge in [-0.05, 0) is 45.4 Å². The summed E-state index contributed by atoms with van der Waals surface area (Å²) in [5, 5.41) is 5.39. The second-order valence-corrected chi connectivity index (χ2v) is 7.84. The molecule has 148 valence electrons. The fraction of sp³-hybridized carbons (Fsp3) is 0.632. The Kier molecular flexibility index (Phi) is 5.28. The Hall–Kier alpha value is -2.35. The molecule has 0 radical (unpaired) electrons. The van der Waals surface area contributed by atoms with Crippen LogP contribution in [0.2, 0.25) is 0 Å². The quantitative estimate of drug-likeness (QED) is 0.758. The van der Waals surface area contributed by atoms with Gasteiger partial charge in [0.15, 0.2) is 0 Å². The fourth-order valence-corrected chi connectivity index (χ4v) is 4.06. The van der Waals surface area contributed by atoms with Crippen molar-refractivity contribution in [1.82, 2.24) is 25.0 Å². The first-order valence-electron chi connectivity index (χ1n) is 9.52. The maximum atomic E-state index is 12.4. The molecule has 0 bridgehead atoms. The van der Waals surface area contributed by atoms with Crippen LogP contribution in [0.15, 0.2) is 12.1 Å². The molecular weight excluding hydrogens is 346 g/mol. The highest BCUT2D eigenvalue weighted by Crippen LogP contribution is 2.31. The van der Waals surface area contributed by atoms with Gasteiger partial charge in [0.1, 0.15) is 11.2 Å². The molecule has 0 aliphatic carbocycles. The van der Waals surface area contributed by atoms with Crippen LogP contribution in [0, 0.1) is 0 Å². The molecule has 8 heteroatoms. The van der Waals surface area contributed by atoms with Crippen molar-refractivity contribution < 1.29 is 14.4 Å². The number of imide groups is 1. The van der Waals surface area contributed by atoms with Crippen LogP contribution in [0.1, 0.15) is 55.3 Å². The van der Waals surface area contributed by atoms with Crippen molar-refractivity contribution in [2.75, 3.05) is 26.7 Å². The first-order chi connectivity index (χ1) is 12.8.